The number of benzene rings is 1. The van der Waals surface area contributed by atoms with Crippen molar-refractivity contribution in [3.63, 3.8) is 0 Å². The molecule has 1 aromatic heterocycles. The van der Waals surface area contributed by atoms with Gasteiger partial charge >= 0.3 is 0 Å². The van der Waals surface area contributed by atoms with Gasteiger partial charge in [-0.15, -0.1) is 0 Å². The van der Waals surface area contributed by atoms with Gasteiger partial charge in [0.15, 0.2) is 0 Å². The van der Waals surface area contributed by atoms with Gasteiger partial charge in [-0.25, -0.2) is 4.98 Å². The van der Waals surface area contributed by atoms with Gasteiger partial charge < -0.3 is 9.64 Å². The first-order valence-corrected chi connectivity index (χ1v) is 8.02. The van der Waals surface area contributed by atoms with Crippen molar-refractivity contribution in [2.45, 2.75) is 12.5 Å². The first-order valence-electron chi connectivity index (χ1n) is 7.23. The minimum Gasteiger partial charge on any atom is -0.472 e. The molecule has 6 heteroatoms. The molecule has 2 aromatic rings. The molecule has 0 saturated carbocycles. The van der Waals surface area contributed by atoms with Crippen molar-refractivity contribution in [2.75, 3.05) is 13.1 Å². The van der Waals surface area contributed by atoms with Crippen LogP contribution in [0.3, 0.4) is 0 Å². The lowest BCUT2D eigenvalue weighted by atomic mass is 10.1. The first kappa shape index (κ1) is 15.5. The van der Waals surface area contributed by atoms with Crippen LogP contribution < -0.4 is 4.74 Å². The molecule has 1 aliphatic heterocycles. The highest BCUT2D eigenvalue weighted by atomic mass is 79.9. The third-order valence-electron chi connectivity index (χ3n) is 3.66. The summed E-state index contributed by atoms with van der Waals surface area (Å²) in [5.74, 6) is 0.482. The first-order chi connectivity index (χ1) is 11.2. The summed E-state index contributed by atoms with van der Waals surface area (Å²) in [7, 11) is 0. The van der Waals surface area contributed by atoms with E-state index in [1.165, 1.54) is 0 Å². The maximum absolute atomic E-state index is 12.5. The van der Waals surface area contributed by atoms with E-state index in [4.69, 9.17) is 10.00 Å². The van der Waals surface area contributed by atoms with Crippen molar-refractivity contribution >= 4 is 21.8 Å². The van der Waals surface area contributed by atoms with Crippen molar-refractivity contribution in [3.8, 4) is 11.9 Å². The Labute approximate surface area is 142 Å². The molecule has 1 atom stereocenters. The van der Waals surface area contributed by atoms with E-state index in [1.54, 1.807) is 41.4 Å². The number of carbonyl (C=O) groups excluding carboxylic acids is 1. The second-order valence-corrected chi connectivity index (χ2v) is 6.20. The van der Waals surface area contributed by atoms with E-state index in [0.717, 1.165) is 10.9 Å². The zero-order valence-electron chi connectivity index (χ0n) is 12.3. The topological polar surface area (TPSA) is 66.2 Å². The van der Waals surface area contributed by atoms with Gasteiger partial charge in [-0.2, -0.15) is 5.26 Å². The van der Waals surface area contributed by atoms with Crippen LogP contribution in [-0.2, 0) is 0 Å². The molecule has 5 nitrogen and oxygen atoms in total. The summed E-state index contributed by atoms with van der Waals surface area (Å²) in [6, 6.07) is 12.5. The summed E-state index contributed by atoms with van der Waals surface area (Å²) in [6.07, 6.45) is 2.38. The summed E-state index contributed by atoms with van der Waals surface area (Å²) in [6.45, 7) is 1.16. The average molecular weight is 372 g/mol. The molecule has 0 spiro atoms. The third kappa shape index (κ3) is 3.69. The van der Waals surface area contributed by atoms with E-state index in [1.807, 2.05) is 6.07 Å². The van der Waals surface area contributed by atoms with Crippen LogP contribution in [0.5, 0.6) is 5.88 Å². The number of ether oxygens (including phenoxy) is 1. The maximum atomic E-state index is 12.5. The lowest BCUT2D eigenvalue weighted by molar-refractivity contribution is 0.0771. The fourth-order valence-corrected chi connectivity index (χ4v) is 2.75. The van der Waals surface area contributed by atoms with E-state index in [-0.39, 0.29) is 12.0 Å². The van der Waals surface area contributed by atoms with Crippen LogP contribution in [0, 0.1) is 11.3 Å². The summed E-state index contributed by atoms with van der Waals surface area (Å²) in [5.41, 5.74) is 1.02. The quantitative estimate of drug-likeness (QED) is 0.831. The van der Waals surface area contributed by atoms with Crippen LogP contribution in [0.15, 0.2) is 47.1 Å². The smallest absolute Gasteiger partial charge is 0.254 e. The number of halogens is 1. The molecule has 0 N–H and O–H groups in total. The van der Waals surface area contributed by atoms with Crippen molar-refractivity contribution in [3.05, 3.63) is 58.2 Å². The fraction of sp³-hybridized carbons (Fsp3) is 0.235. The van der Waals surface area contributed by atoms with Gasteiger partial charge in [0.25, 0.3) is 5.91 Å². The number of nitriles is 1. The van der Waals surface area contributed by atoms with Crippen LogP contribution in [-0.4, -0.2) is 35.0 Å². The molecule has 0 aliphatic carbocycles. The van der Waals surface area contributed by atoms with Crippen LogP contribution >= 0.6 is 15.9 Å². The summed E-state index contributed by atoms with van der Waals surface area (Å²) < 4.78 is 6.71. The number of aromatic nitrogens is 1. The van der Waals surface area contributed by atoms with Gasteiger partial charge in [0.2, 0.25) is 5.88 Å². The summed E-state index contributed by atoms with van der Waals surface area (Å²) >= 11 is 3.33. The van der Waals surface area contributed by atoms with Crippen molar-refractivity contribution in [1.29, 1.82) is 5.26 Å². The normalized spacial score (nSPS) is 16.9. The van der Waals surface area contributed by atoms with Crippen molar-refractivity contribution in [2.24, 2.45) is 0 Å². The minimum atomic E-state index is -0.0723. The van der Waals surface area contributed by atoms with Crippen molar-refractivity contribution < 1.29 is 9.53 Å². The lowest BCUT2D eigenvalue weighted by Gasteiger charge is -2.17. The molecule has 116 valence electrons. The standard InChI is InChI=1S/C17H14BrN3O2/c18-14-4-5-16(20-10-14)23-15-6-7-21(11-15)17(22)13-3-1-2-12(8-13)9-19/h1-5,8,10,15H,6-7,11H2. The number of rotatable bonds is 3. The SMILES string of the molecule is N#Cc1cccc(C(=O)N2CCC(Oc3ccc(Br)cn3)C2)c1. The number of carbonyl (C=O) groups is 1. The molecule has 23 heavy (non-hydrogen) atoms. The van der Waals surface area contributed by atoms with Gasteiger partial charge in [0, 0.05) is 35.3 Å². The average Bonchev–Trinajstić information content (AvgIpc) is 3.05. The monoisotopic (exact) mass is 371 g/mol. The number of hydrogen-bond acceptors (Lipinski definition) is 4. The summed E-state index contributed by atoms with van der Waals surface area (Å²) in [4.78, 5) is 18.4. The molecule has 1 aromatic carbocycles. The molecule has 1 unspecified atom stereocenters. The van der Waals surface area contributed by atoms with E-state index >= 15 is 0 Å². The van der Waals surface area contributed by atoms with E-state index < -0.39 is 0 Å². The van der Waals surface area contributed by atoms with E-state index in [0.29, 0.717) is 30.1 Å². The molecule has 0 bridgehead atoms. The Balaban J connectivity index is 1.63. The van der Waals surface area contributed by atoms with Gasteiger partial charge in [0.1, 0.15) is 6.10 Å². The second-order valence-electron chi connectivity index (χ2n) is 5.29. The Morgan fingerprint density at radius 2 is 2.26 bits per heavy atom. The van der Waals surface area contributed by atoms with Crippen molar-refractivity contribution in [1.82, 2.24) is 9.88 Å². The van der Waals surface area contributed by atoms with Gasteiger partial charge in [-0.1, -0.05) is 6.07 Å². The van der Waals surface area contributed by atoms with Crippen LogP contribution in [0.25, 0.3) is 0 Å². The Morgan fingerprint density at radius 3 is 3.00 bits per heavy atom. The van der Waals surface area contributed by atoms with Gasteiger partial charge in [0.05, 0.1) is 18.2 Å². The number of amides is 1. The predicted molar refractivity (Wildman–Crippen MR) is 88.0 cm³/mol. The Kier molecular flexibility index (Phi) is 4.58. The lowest BCUT2D eigenvalue weighted by Crippen LogP contribution is -2.31. The third-order valence-corrected chi connectivity index (χ3v) is 4.13. The zero-order chi connectivity index (χ0) is 16.2. The molecule has 0 radical (unpaired) electrons. The Morgan fingerprint density at radius 1 is 1.39 bits per heavy atom. The number of likely N-dealkylation sites (tertiary alicyclic amines) is 1. The molecule has 3 rings (SSSR count). The molecule has 2 heterocycles. The second kappa shape index (κ2) is 6.80. The fourth-order valence-electron chi connectivity index (χ4n) is 2.52. The van der Waals surface area contributed by atoms with Gasteiger partial charge in [-0.3, -0.25) is 4.79 Å². The minimum absolute atomic E-state index is 0.0632. The molecular formula is C17H14BrN3O2. The molecule has 1 fully saturated rings. The maximum Gasteiger partial charge on any atom is 0.254 e. The highest BCUT2D eigenvalue weighted by Crippen LogP contribution is 2.20. The Hall–Kier alpha value is -2.39. The van der Waals surface area contributed by atoms with Crippen LogP contribution in [0.1, 0.15) is 22.3 Å². The number of nitrogens with zero attached hydrogens (tertiary/aromatic N) is 3. The Bertz CT molecular complexity index is 755. The zero-order valence-corrected chi connectivity index (χ0v) is 13.9. The highest BCUT2D eigenvalue weighted by molar-refractivity contribution is 9.10. The largest absolute Gasteiger partial charge is 0.472 e. The van der Waals surface area contributed by atoms with Crippen LogP contribution in [0.2, 0.25) is 0 Å². The van der Waals surface area contributed by atoms with E-state index in [2.05, 4.69) is 27.0 Å². The number of pyridine rings is 1. The molecule has 1 saturated heterocycles. The molecule has 1 amide bonds. The predicted octanol–water partition coefficient (Wildman–Crippen LogP) is 3.01. The van der Waals surface area contributed by atoms with Crippen LogP contribution in [0.4, 0.5) is 0 Å². The highest BCUT2D eigenvalue weighted by Gasteiger charge is 2.28. The number of hydrogen-bond donors (Lipinski definition) is 0. The summed E-state index contributed by atoms with van der Waals surface area (Å²) in [5, 5.41) is 8.93. The van der Waals surface area contributed by atoms with E-state index in [9.17, 15) is 4.79 Å². The molecule has 1 aliphatic rings. The molecular weight excluding hydrogens is 358 g/mol. The van der Waals surface area contributed by atoms with Gasteiger partial charge in [-0.05, 0) is 40.2 Å².